The van der Waals surface area contributed by atoms with Crippen LogP contribution in [0.3, 0.4) is 0 Å². The lowest BCUT2D eigenvalue weighted by Crippen LogP contribution is -2.31. The van der Waals surface area contributed by atoms with E-state index in [1.165, 1.54) is 0 Å². The summed E-state index contributed by atoms with van der Waals surface area (Å²) in [6.07, 6.45) is -0.821. The van der Waals surface area contributed by atoms with E-state index in [1.807, 2.05) is 92.7 Å². The van der Waals surface area contributed by atoms with Gasteiger partial charge in [0.2, 0.25) is 6.10 Å². The monoisotopic (exact) mass is 438 g/mol. The van der Waals surface area contributed by atoms with Crippen molar-refractivity contribution in [1.82, 2.24) is 0 Å². The standard InChI is InChI=1S/C29H26O4/c1-20-12-14-26(16-21(20)2)28(30)33-27(29(31)32-19-22-8-4-3-5-9-22)18-23-13-15-24-10-6-7-11-25(24)17-23/h3-17,27H,18-19H2,1-2H3/t27-/m1/s1. The highest BCUT2D eigenvalue weighted by molar-refractivity contribution is 5.92. The highest BCUT2D eigenvalue weighted by Gasteiger charge is 2.26. The van der Waals surface area contributed by atoms with E-state index in [1.54, 1.807) is 12.1 Å². The molecule has 0 aromatic heterocycles. The summed E-state index contributed by atoms with van der Waals surface area (Å²) in [5.74, 6) is -1.11. The molecule has 0 saturated heterocycles. The van der Waals surface area contributed by atoms with Crippen LogP contribution >= 0.6 is 0 Å². The molecular formula is C29H26O4. The van der Waals surface area contributed by atoms with E-state index < -0.39 is 18.0 Å². The molecule has 0 heterocycles. The molecular weight excluding hydrogens is 412 g/mol. The molecule has 0 amide bonds. The third-order valence-corrected chi connectivity index (χ3v) is 5.71. The summed E-state index contributed by atoms with van der Waals surface area (Å²) >= 11 is 0. The second-order valence-electron chi connectivity index (χ2n) is 8.17. The predicted molar refractivity (Wildman–Crippen MR) is 129 cm³/mol. The van der Waals surface area contributed by atoms with Crippen molar-refractivity contribution in [2.75, 3.05) is 0 Å². The minimum atomic E-state index is -1.05. The summed E-state index contributed by atoms with van der Waals surface area (Å²) in [7, 11) is 0. The van der Waals surface area contributed by atoms with Crippen LogP contribution < -0.4 is 0 Å². The number of carbonyl (C=O) groups is 2. The molecule has 4 heteroatoms. The summed E-state index contributed by atoms with van der Waals surface area (Å²) in [5, 5.41) is 2.17. The lowest BCUT2D eigenvalue weighted by Gasteiger charge is -2.18. The van der Waals surface area contributed by atoms with Gasteiger partial charge in [0, 0.05) is 6.42 Å². The van der Waals surface area contributed by atoms with Gasteiger partial charge in [-0.25, -0.2) is 9.59 Å². The van der Waals surface area contributed by atoms with Gasteiger partial charge < -0.3 is 9.47 Å². The summed E-state index contributed by atoms with van der Waals surface area (Å²) in [6.45, 7) is 4.04. The molecule has 166 valence electrons. The molecule has 0 saturated carbocycles. The first-order valence-electron chi connectivity index (χ1n) is 11.0. The van der Waals surface area contributed by atoms with Gasteiger partial charge in [0.1, 0.15) is 6.61 Å². The Bertz CT molecular complexity index is 1280. The van der Waals surface area contributed by atoms with Crippen LogP contribution in [0.15, 0.2) is 91.0 Å². The quantitative estimate of drug-likeness (QED) is 0.334. The number of rotatable bonds is 7. The topological polar surface area (TPSA) is 52.6 Å². The zero-order chi connectivity index (χ0) is 23.2. The highest BCUT2D eigenvalue weighted by atomic mass is 16.6. The molecule has 0 aliphatic heterocycles. The molecule has 4 aromatic carbocycles. The zero-order valence-electron chi connectivity index (χ0n) is 18.8. The van der Waals surface area contributed by atoms with Crippen molar-refractivity contribution >= 4 is 22.7 Å². The first-order chi connectivity index (χ1) is 16.0. The second-order valence-corrected chi connectivity index (χ2v) is 8.17. The summed E-state index contributed by atoms with van der Waals surface area (Å²) in [6, 6.07) is 28.8. The van der Waals surface area contributed by atoms with Crippen molar-refractivity contribution < 1.29 is 19.1 Å². The minimum absolute atomic E-state index is 0.120. The van der Waals surface area contributed by atoms with Crippen molar-refractivity contribution in [1.29, 1.82) is 0 Å². The fraction of sp³-hybridized carbons (Fsp3) is 0.172. The van der Waals surface area contributed by atoms with Gasteiger partial charge in [0.05, 0.1) is 5.56 Å². The minimum Gasteiger partial charge on any atom is -0.458 e. The molecule has 4 nitrogen and oxygen atoms in total. The molecule has 0 aliphatic rings. The van der Waals surface area contributed by atoms with Crippen molar-refractivity contribution in [3.05, 3.63) is 119 Å². The van der Waals surface area contributed by atoms with Gasteiger partial charge in [-0.2, -0.15) is 0 Å². The van der Waals surface area contributed by atoms with E-state index in [0.29, 0.717) is 5.56 Å². The molecule has 4 aromatic rings. The number of ether oxygens (including phenoxy) is 2. The van der Waals surface area contributed by atoms with E-state index in [2.05, 4.69) is 0 Å². The fourth-order valence-electron chi connectivity index (χ4n) is 3.64. The van der Waals surface area contributed by atoms with Crippen molar-refractivity contribution in [2.45, 2.75) is 33.0 Å². The number of esters is 2. The second kappa shape index (κ2) is 10.1. The Balaban J connectivity index is 1.55. The normalized spacial score (nSPS) is 11.7. The third kappa shape index (κ3) is 5.66. The Kier molecular flexibility index (Phi) is 6.84. The Morgan fingerprint density at radius 2 is 1.45 bits per heavy atom. The molecule has 33 heavy (non-hydrogen) atoms. The van der Waals surface area contributed by atoms with Crippen LogP contribution in [0.1, 0.15) is 32.6 Å². The van der Waals surface area contributed by atoms with E-state index in [9.17, 15) is 9.59 Å². The SMILES string of the molecule is Cc1ccc(C(=O)O[C@H](Cc2ccc3ccccc3c2)C(=O)OCc2ccccc2)cc1C. The Labute approximate surface area is 193 Å². The molecule has 4 rings (SSSR count). The Morgan fingerprint density at radius 3 is 2.21 bits per heavy atom. The first-order valence-corrected chi connectivity index (χ1v) is 11.0. The number of aryl methyl sites for hydroxylation is 2. The van der Waals surface area contributed by atoms with Crippen LogP contribution in [0.25, 0.3) is 10.8 Å². The van der Waals surface area contributed by atoms with Gasteiger partial charge >= 0.3 is 11.9 Å². The van der Waals surface area contributed by atoms with Crippen LogP contribution in [-0.4, -0.2) is 18.0 Å². The molecule has 0 spiro atoms. The van der Waals surface area contributed by atoms with E-state index in [-0.39, 0.29) is 13.0 Å². The van der Waals surface area contributed by atoms with Crippen molar-refractivity contribution in [2.24, 2.45) is 0 Å². The zero-order valence-corrected chi connectivity index (χ0v) is 18.8. The summed E-state index contributed by atoms with van der Waals surface area (Å²) in [5.41, 5.74) is 4.25. The fourth-order valence-corrected chi connectivity index (χ4v) is 3.64. The summed E-state index contributed by atoms with van der Waals surface area (Å²) < 4.78 is 11.2. The predicted octanol–water partition coefficient (Wildman–Crippen LogP) is 5.97. The summed E-state index contributed by atoms with van der Waals surface area (Å²) in [4.78, 5) is 25.8. The van der Waals surface area contributed by atoms with Crippen LogP contribution in [0.5, 0.6) is 0 Å². The molecule has 1 atom stereocenters. The molecule has 0 unspecified atom stereocenters. The Morgan fingerprint density at radius 1 is 0.727 bits per heavy atom. The molecule has 0 fully saturated rings. The average Bonchev–Trinajstić information content (AvgIpc) is 2.84. The van der Waals surface area contributed by atoms with Crippen molar-refractivity contribution in [3.63, 3.8) is 0 Å². The maximum absolute atomic E-state index is 13.0. The maximum Gasteiger partial charge on any atom is 0.348 e. The van der Waals surface area contributed by atoms with Crippen LogP contribution in [-0.2, 0) is 27.3 Å². The van der Waals surface area contributed by atoms with E-state index in [4.69, 9.17) is 9.47 Å². The van der Waals surface area contributed by atoms with E-state index in [0.717, 1.165) is 33.0 Å². The molecule has 0 aliphatic carbocycles. The van der Waals surface area contributed by atoms with Gasteiger partial charge in [0.15, 0.2) is 0 Å². The molecule has 0 bridgehead atoms. The lowest BCUT2D eigenvalue weighted by atomic mass is 10.0. The number of carbonyl (C=O) groups excluding carboxylic acids is 2. The number of fused-ring (bicyclic) bond motifs is 1. The largest absolute Gasteiger partial charge is 0.458 e. The van der Waals surface area contributed by atoms with Crippen molar-refractivity contribution in [3.8, 4) is 0 Å². The molecule has 0 N–H and O–H groups in total. The van der Waals surface area contributed by atoms with Gasteiger partial charge in [-0.1, -0.05) is 78.9 Å². The van der Waals surface area contributed by atoms with Gasteiger partial charge in [-0.3, -0.25) is 0 Å². The maximum atomic E-state index is 13.0. The van der Waals surface area contributed by atoms with Crippen LogP contribution in [0.4, 0.5) is 0 Å². The number of benzene rings is 4. The number of hydrogen-bond donors (Lipinski definition) is 0. The van der Waals surface area contributed by atoms with Gasteiger partial charge in [0.25, 0.3) is 0 Å². The first kappa shape index (κ1) is 22.3. The third-order valence-electron chi connectivity index (χ3n) is 5.71. The lowest BCUT2D eigenvalue weighted by molar-refractivity contribution is -0.155. The van der Waals surface area contributed by atoms with Gasteiger partial charge in [-0.05, 0) is 59.0 Å². The Hall–Kier alpha value is -3.92. The number of hydrogen-bond acceptors (Lipinski definition) is 4. The van der Waals surface area contributed by atoms with Crippen LogP contribution in [0.2, 0.25) is 0 Å². The smallest absolute Gasteiger partial charge is 0.348 e. The highest BCUT2D eigenvalue weighted by Crippen LogP contribution is 2.19. The average molecular weight is 439 g/mol. The van der Waals surface area contributed by atoms with Gasteiger partial charge in [-0.15, -0.1) is 0 Å². The molecule has 0 radical (unpaired) electrons. The van der Waals surface area contributed by atoms with E-state index >= 15 is 0 Å². The van der Waals surface area contributed by atoms with Crippen LogP contribution in [0, 0.1) is 13.8 Å².